The van der Waals surface area contributed by atoms with Crippen molar-refractivity contribution in [3.8, 4) is 0 Å². The van der Waals surface area contributed by atoms with Gasteiger partial charge in [-0.1, -0.05) is 25.6 Å². The van der Waals surface area contributed by atoms with Gasteiger partial charge in [0.15, 0.2) is 5.84 Å². The zero-order chi connectivity index (χ0) is 24.0. The summed E-state index contributed by atoms with van der Waals surface area (Å²) >= 11 is 0. The molecule has 0 aliphatic carbocycles. The Morgan fingerprint density at radius 1 is 1.18 bits per heavy atom. The molecular weight excluding hydrogens is 421 g/mol. The molecule has 1 aliphatic heterocycles. The van der Waals surface area contributed by atoms with E-state index in [4.69, 9.17) is 4.99 Å². The molecule has 8 heteroatoms. The number of benzene rings is 2. The lowest BCUT2D eigenvalue weighted by Crippen LogP contribution is -2.31. The van der Waals surface area contributed by atoms with Crippen LogP contribution in [-0.2, 0) is 4.79 Å². The van der Waals surface area contributed by atoms with Gasteiger partial charge in [-0.25, -0.2) is 19.1 Å². The molecule has 3 amide bonds. The molecule has 7 nitrogen and oxygen atoms in total. The van der Waals surface area contributed by atoms with Crippen LogP contribution in [-0.4, -0.2) is 17.8 Å². The van der Waals surface area contributed by atoms with E-state index in [2.05, 4.69) is 22.5 Å². The van der Waals surface area contributed by atoms with Crippen LogP contribution in [0, 0.1) is 5.82 Å². The summed E-state index contributed by atoms with van der Waals surface area (Å²) in [5, 5.41) is 8.74. The van der Waals surface area contributed by atoms with Gasteiger partial charge in [0.2, 0.25) is 5.91 Å². The van der Waals surface area contributed by atoms with Crippen molar-refractivity contribution in [2.24, 2.45) is 4.99 Å². The number of amides is 3. The zero-order valence-electron chi connectivity index (χ0n) is 18.8. The van der Waals surface area contributed by atoms with Crippen molar-refractivity contribution >= 4 is 34.8 Å². The number of carbonyl (C=O) groups is 2. The highest BCUT2D eigenvalue weighted by Crippen LogP contribution is 2.27. The maximum atomic E-state index is 13.3. The molecule has 0 aromatic heterocycles. The minimum Gasteiger partial charge on any atom is -0.340 e. The lowest BCUT2D eigenvalue weighted by atomic mass is 10.2. The number of nitrogens with one attached hydrogen (secondary N) is 3. The fourth-order valence-corrected chi connectivity index (χ4v) is 3.08. The Morgan fingerprint density at radius 2 is 1.91 bits per heavy atom. The molecule has 170 valence electrons. The van der Waals surface area contributed by atoms with Gasteiger partial charge in [-0.15, -0.1) is 0 Å². The molecule has 2 aromatic carbocycles. The lowest BCUT2D eigenvalue weighted by Gasteiger charge is -2.18. The molecule has 33 heavy (non-hydrogen) atoms. The van der Waals surface area contributed by atoms with Gasteiger partial charge in [0.25, 0.3) is 0 Å². The summed E-state index contributed by atoms with van der Waals surface area (Å²) in [7, 11) is 0. The van der Waals surface area contributed by atoms with Crippen molar-refractivity contribution in [3.05, 3.63) is 90.2 Å². The first kappa shape index (κ1) is 23.5. The number of halogens is 1. The largest absolute Gasteiger partial charge is 0.340 e. The summed E-state index contributed by atoms with van der Waals surface area (Å²) < 4.78 is 13.3. The van der Waals surface area contributed by atoms with Gasteiger partial charge in [0, 0.05) is 11.4 Å². The van der Waals surface area contributed by atoms with E-state index in [1.165, 1.54) is 23.1 Å². The molecule has 0 bridgehead atoms. The fraction of sp³-hybridized carbons (Fsp3) is 0.160. The number of allylic oxidation sites excluding steroid dienone is 2. The Bertz CT molecular complexity index is 1170. The number of nitrogens with zero attached hydrogens (tertiary/aromatic N) is 2. The van der Waals surface area contributed by atoms with Crippen molar-refractivity contribution in [2.75, 3.05) is 15.5 Å². The topological polar surface area (TPSA) is 85.8 Å². The molecule has 0 saturated carbocycles. The van der Waals surface area contributed by atoms with Crippen LogP contribution in [0.3, 0.4) is 0 Å². The Morgan fingerprint density at radius 3 is 2.55 bits per heavy atom. The molecular formula is C25H26FN5O2. The van der Waals surface area contributed by atoms with Crippen molar-refractivity contribution in [1.82, 2.24) is 5.32 Å². The minimum atomic E-state index is -0.371. The second-order valence-corrected chi connectivity index (χ2v) is 7.26. The van der Waals surface area contributed by atoms with Crippen molar-refractivity contribution < 1.29 is 14.0 Å². The number of hydrogen-bond donors (Lipinski definition) is 3. The third-order valence-corrected chi connectivity index (χ3v) is 5.00. The maximum Gasteiger partial charge on any atom is 0.332 e. The Hall–Kier alpha value is -4.20. The van der Waals surface area contributed by atoms with Crippen LogP contribution in [0.2, 0.25) is 0 Å². The number of rotatable bonds is 7. The first-order valence-electron chi connectivity index (χ1n) is 10.5. The number of hydrogen-bond acceptors (Lipinski definition) is 4. The van der Waals surface area contributed by atoms with E-state index < -0.39 is 0 Å². The molecule has 1 fully saturated rings. The monoisotopic (exact) mass is 447 g/mol. The Kier molecular flexibility index (Phi) is 7.40. The number of anilines is 3. The molecule has 3 rings (SSSR count). The predicted molar refractivity (Wildman–Crippen MR) is 130 cm³/mol. The van der Waals surface area contributed by atoms with Crippen molar-refractivity contribution in [3.63, 3.8) is 0 Å². The van der Waals surface area contributed by atoms with Gasteiger partial charge in [-0.3, -0.25) is 4.79 Å². The van der Waals surface area contributed by atoms with E-state index in [1.54, 1.807) is 49.4 Å². The first-order chi connectivity index (χ1) is 15.9. The summed E-state index contributed by atoms with van der Waals surface area (Å²) in [4.78, 5) is 30.8. The average Bonchev–Trinajstić information content (AvgIpc) is 3.14. The van der Waals surface area contributed by atoms with Crippen LogP contribution in [0.25, 0.3) is 0 Å². The SMILES string of the molecule is C=CC(=O)Nc1cccc(N2C(=O)NC(=C/C)/C2=N\C(Nc2ccc(F)cc2)=C(/C)CC)c1. The van der Waals surface area contributed by atoms with Gasteiger partial charge in [0.05, 0.1) is 11.4 Å². The highest BCUT2D eigenvalue weighted by atomic mass is 19.1. The molecule has 0 atom stereocenters. The predicted octanol–water partition coefficient (Wildman–Crippen LogP) is 5.54. The summed E-state index contributed by atoms with van der Waals surface area (Å²) in [6, 6.07) is 12.5. The van der Waals surface area contributed by atoms with Gasteiger partial charge >= 0.3 is 6.03 Å². The minimum absolute atomic E-state index is 0.332. The maximum absolute atomic E-state index is 13.3. The molecule has 3 N–H and O–H groups in total. The number of amidine groups is 1. The second-order valence-electron chi connectivity index (χ2n) is 7.26. The van der Waals surface area contributed by atoms with Crippen LogP contribution in [0.15, 0.2) is 89.3 Å². The van der Waals surface area contributed by atoms with E-state index in [1.807, 2.05) is 13.8 Å². The summed E-state index contributed by atoms with van der Waals surface area (Å²) in [5.41, 5.74) is 3.21. The van der Waals surface area contributed by atoms with Gasteiger partial charge in [-0.05, 0) is 74.4 Å². The van der Waals surface area contributed by atoms with Gasteiger partial charge < -0.3 is 16.0 Å². The summed E-state index contributed by atoms with van der Waals surface area (Å²) in [6.45, 7) is 9.19. The van der Waals surface area contributed by atoms with Gasteiger partial charge in [-0.2, -0.15) is 0 Å². The number of urea groups is 1. The average molecular weight is 448 g/mol. The smallest absolute Gasteiger partial charge is 0.332 e. The van der Waals surface area contributed by atoms with Crippen LogP contribution in [0.5, 0.6) is 0 Å². The molecule has 2 aromatic rings. The van der Waals surface area contributed by atoms with Crippen LogP contribution in [0.1, 0.15) is 27.2 Å². The summed E-state index contributed by atoms with van der Waals surface area (Å²) in [5.74, 6) is 0.262. The van der Waals surface area contributed by atoms with Crippen LogP contribution < -0.4 is 20.9 Å². The number of carbonyl (C=O) groups excluding carboxylic acids is 2. The summed E-state index contributed by atoms with van der Waals surface area (Å²) in [6.07, 6.45) is 3.65. The zero-order valence-corrected chi connectivity index (χ0v) is 18.8. The van der Waals surface area contributed by atoms with E-state index in [9.17, 15) is 14.0 Å². The third kappa shape index (κ3) is 5.54. The fourth-order valence-electron chi connectivity index (χ4n) is 3.08. The highest BCUT2D eigenvalue weighted by Gasteiger charge is 2.33. The molecule has 1 aliphatic rings. The normalized spacial score (nSPS) is 16.5. The standard InChI is InChI=1S/C25H26FN5O2/c1-5-16(4)23(28-18-13-11-17(26)12-14-18)30-24-21(6-2)29-25(33)31(24)20-10-8-9-19(15-20)27-22(32)7-3/h6-15,28H,3,5H2,1-2,4H3,(H,27,32)(H,29,33)/b21-6+,23-16+,30-24+. The van der Waals surface area contributed by atoms with Crippen LogP contribution in [0.4, 0.5) is 26.2 Å². The van der Waals surface area contributed by atoms with E-state index in [-0.39, 0.29) is 17.8 Å². The quantitative estimate of drug-likeness (QED) is 0.488. The second kappa shape index (κ2) is 10.4. The van der Waals surface area contributed by atoms with E-state index >= 15 is 0 Å². The molecule has 1 heterocycles. The molecule has 1 saturated heterocycles. The Labute approximate surface area is 192 Å². The first-order valence-corrected chi connectivity index (χ1v) is 10.5. The van der Waals surface area contributed by atoms with Crippen molar-refractivity contribution in [1.29, 1.82) is 0 Å². The van der Waals surface area contributed by atoms with Crippen molar-refractivity contribution in [2.45, 2.75) is 27.2 Å². The Balaban J connectivity index is 2.05. The van der Waals surface area contributed by atoms with Crippen LogP contribution >= 0.6 is 0 Å². The van der Waals surface area contributed by atoms with E-state index in [0.29, 0.717) is 34.4 Å². The lowest BCUT2D eigenvalue weighted by molar-refractivity contribution is -0.111. The van der Waals surface area contributed by atoms with E-state index in [0.717, 1.165) is 12.0 Å². The third-order valence-electron chi connectivity index (χ3n) is 5.00. The molecule has 0 spiro atoms. The highest BCUT2D eigenvalue weighted by molar-refractivity contribution is 6.29. The van der Waals surface area contributed by atoms with Gasteiger partial charge in [0.1, 0.15) is 11.6 Å². The molecule has 0 unspecified atom stereocenters. The molecule has 0 radical (unpaired) electrons. The number of aliphatic imine (C=N–C) groups is 1.